The van der Waals surface area contributed by atoms with Crippen LogP contribution in [0.5, 0.6) is 0 Å². The predicted molar refractivity (Wildman–Crippen MR) is 59.2 cm³/mol. The van der Waals surface area contributed by atoms with Crippen LogP contribution in [0.1, 0.15) is 59.3 Å². The maximum Gasteiger partial charge on any atom is 0.305 e. The van der Waals surface area contributed by atoms with E-state index in [1.165, 1.54) is 12.8 Å². The molecule has 0 heterocycles. The summed E-state index contributed by atoms with van der Waals surface area (Å²) < 4.78 is 5.09. The molecular weight excluding hydrogens is 176 g/mol. The predicted octanol–water partition coefficient (Wildman–Crippen LogP) is 3.55. The lowest BCUT2D eigenvalue weighted by atomic mass is 10.1. The third-order valence-electron chi connectivity index (χ3n) is 2.17. The molecule has 0 radical (unpaired) electrons. The topological polar surface area (TPSA) is 26.3 Å². The second-order valence-electron chi connectivity index (χ2n) is 4.21. The molecule has 0 amide bonds. The van der Waals surface area contributed by atoms with Crippen molar-refractivity contribution in [2.75, 3.05) is 6.61 Å². The van der Waals surface area contributed by atoms with E-state index in [1.807, 2.05) is 0 Å². The molecule has 0 spiro atoms. The summed E-state index contributed by atoms with van der Waals surface area (Å²) in [5, 5.41) is 0. The minimum Gasteiger partial charge on any atom is -0.466 e. The summed E-state index contributed by atoms with van der Waals surface area (Å²) in [7, 11) is 0. The monoisotopic (exact) mass is 200 g/mol. The van der Waals surface area contributed by atoms with Gasteiger partial charge >= 0.3 is 5.97 Å². The standard InChI is InChI=1S/C12H24O2/c1-4-5-9-12(13)14-10-7-6-8-11(2)3/h11H,4-10H2,1-3H3. The zero-order valence-corrected chi connectivity index (χ0v) is 9.84. The van der Waals surface area contributed by atoms with Gasteiger partial charge in [0.15, 0.2) is 0 Å². The maximum atomic E-state index is 11.1. The third kappa shape index (κ3) is 9.56. The second kappa shape index (κ2) is 9.04. The smallest absolute Gasteiger partial charge is 0.305 e. The summed E-state index contributed by atoms with van der Waals surface area (Å²) in [5.41, 5.74) is 0. The Bertz CT molecular complexity index is 141. The SMILES string of the molecule is CCCCC(=O)OCCCCC(C)C. The molecule has 0 aliphatic rings. The highest BCUT2D eigenvalue weighted by molar-refractivity contribution is 5.69. The number of rotatable bonds is 8. The molecule has 0 bridgehead atoms. The average Bonchev–Trinajstić information content (AvgIpc) is 2.13. The molecule has 0 aliphatic carbocycles. The van der Waals surface area contributed by atoms with Crippen molar-refractivity contribution in [1.29, 1.82) is 0 Å². The number of carbonyl (C=O) groups excluding carboxylic acids is 1. The first kappa shape index (κ1) is 13.5. The van der Waals surface area contributed by atoms with E-state index in [-0.39, 0.29) is 5.97 Å². The van der Waals surface area contributed by atoms with E-state index < -0.39 is 0 Å². The molecule has 0 saturated heterocycles. The summed E-state index contributed by atoms with van der Waals surface area (Å²) in [6.45, 7) is 7.12. The van der Waals surface area contributed by atoms with E-state index in [4.69, 9.17) is 4.74 Å². The van der Waals surface area contributed by atoms with Crippen LogP contribution >= 0.6 is 0 Å². The van der Waals surface area contributed by atoms with E-state index in [9.17, 15) is 4.79 Å². The van der Waals surface area contributed by atoms with Gasteiger partial charge in [-0.15, -0.1) is 0 Å². The molecule has 2 heteroatoms. The van der Waals surface area contributed by atoms with E-state index in [1.54, 1.807) is 0 Å². The van der Waals surface area contributed by atoms with Crippen LogP contribution < -0.4 is 0 Å². The Morgan fingerprint density at radius 1 is 1.21 bits per heavy atom. The fourth-order valence-electron chi connectivity index (χ4n) is 1.23. The molecule has 0 N–H and O–H groups in total. The third-order valence-corrected chi connectivity index (χ3v) is 2.17. The summed E-state index contributed by atoms with van der Waals surface area (Å²) in [5.74, 6) is 0.724. The summed E-state index contributed by atoms with van der Waals surface area (Å²) in [4.78, 5) is 11.1. The lowest BCUT2D eigenvalue weighted by Crippen LogP contribution is -2.05. The molecule has 0 aromatic heterocycles. The van der Waals surface area contributed by atoms with E-state index in [0.717, 1.165) is 25.2 Å². The molecule has 0 aliphatic heterocycles. The van der Waals surface area contributed by atoms with Crippen LogP contribution in [0, 0.1) is 5.92 Å². The van der Waals surface area contributed by atoms with Crippen LogP contribution in [-0.4, -0.2) is 12.6 Å². The van der Waals surface area contributed by atoms with Gasteiger partial charge in [0.05, 0.1) is 6.61 Å². The molecular formula is C12H24O2. The van der Waals surface area contributed by atoms with Crippen LogP contribution in [0.25, 0.3) is 0 Å². The average molecular weight is 200 g/mol. The lowest BCUT2D eigenvalue weighted by molar-refractivity contribution is -0.143. The molecule has 2 nitrogen and oxygen atoms in total. The van der Waals surface area contributed by atoms with Crippen molar-refractivity contribution in [2.24, 2.45) is 5.92 Å². The Morgan fingerprint density at radius 2 is 1.93 bits per heavy atom. The molecule has 0 aromatic carbocycles. The minimum atomic E-state index is -0.0311. The van der Waals surface area contributed by atoms with Crippen molar-refractivity contribution in [3.8, 4) is 0 Å². The highest BCUT2D eigenvalue weighted by Gasteiger charge is 2.01. The van der Waals surface area contributed by atoms with E-state index in [2.05, 4.69) is 20.8 Å². The fourth-order valence-corrected chi connectivity index (χ4v) is 1.23. The molecule has 14 heavy (non-hydrogen) atoms. The number of unbranched alkanes of at least 4 members (excludes halogenated alkanes) is 2. The Kier molecular flexibility index (Phi) is 8.70. The van der Waals surface area contributed by atoms with Gasteiger partial charge in [0, 0.05) is 6.42 Å². The van der Waals surface area contributed by atoms with Gasteiger partial charge in [-0.05, 0) is 25.2 Å². The zero-order valence-electron chi connectivity index (χ0n) is 9.84. The molecule has 0 saturated carbocycles. The maximum absolute atomic E-state index is 11.1. The highest BCUT2D eigenvalue weighted by Crippen LogP contribution is 2.06. The van der Waals surface area contributed by atoms with Crippen LogP contribution in [0.15, 0.2) is 0 Å². The number of hydrogen-bond acceptors (Lipinski definition) is 2. The van der Waals surface area contributed by atoms with Gasteiger partial charge in [-0.3, -0.25) is 4.79 Å². The molecule has 0 atom stereocenters. The molecule has 0 rings (SSSR count). The van der Waals surface area contributed by atoms with Crippen LogP contribution in [-0.2, 0) is 9.53 Å². The Morgan fingerprint density at radius 3 is 2.50 bits per heavy atom. The first-order valence-electron chi connectivity index (χ1n) is 5.82. The van der Waals surface area contributed by atoms with Crippen LogP contribution in [0.2, 0.25) is 0 Å². The Balaban J connectivity index is 3.15. The van der Waals surface area contributed by atoms with Crippen molar-refractivity contribution in [2.45, 2.75) is 59.3 Å². The lowest BCUT2D eigenvalue weighted by Gasteiger charge is -2.05. The van der Waals surface area contributed by atoms with Crippen molar-refractivity contribution in [3.63, 3.8) is 0 Å². The van der Waals surface area contributed by atoms with Gasteiger partial charge in [0.1, 0.15) is 0 Å². The first-order chi connectivity index (χ1) is 6.66. The van der Waals surface area contributed by atoms with Crippen molar-refractivity contribution in [1.82, 2.24) is 0 Å². The van der Waals surface area contributed by atoms with Gasteiger partial charge < -0.3 is 4.74 Å². The Labute approximate surface area is 88.0 Å². The molecule has 0 fully saturated rings. The van der Waals surface area contributed by atoms with Gasteiger partial charge in [-0.1, -0.05) is 33.6 Å². The van der Waals surface area contributed by atoms with Crippen molar-refractivity contribution < 1.29 is 9.53 Å². The quantitative estimate of drug-likeness (QED) is 0.442. The molecule has 84 valence electrons. The Hall–Kier alpha value is -0.530. The second-order valence-corrected chi connectivity index (χ2v) is 4.21. The van der Waals surface area contributed by atoms with Gasteiger partial charge in [0.2, 0.25) is 0 Å². The summed E-state index contributed by atoms with van der Waals surface area (Å²) in [6, 6.07) is 0. The first-order valence-corrected chi connectivity index (χ1v) is 5.82. The molecule has 0 unspecified atom stereocenters. The number of ether oxygens (including phenoxy) is 1. The van der Waals surface area contributed by atoms with Crippen LogP contribution in [0.4, 0.5) is 0 Å². The van der Waals surface area contributed by atoms with Crippen molar-refractivity contribution in [3.05, 3.63) is 0 Å². The van der Waals surface area contributed by atoms with Gasteiger partial charge in [0.25, 0.3) is 0 Å². The zero-order chi connectivity index (χ0) is 10.8. The normalized spacial score (nSPS) is 10.6. The number of hydrogen-bond donors (Lipinski definition) is 0. The summed E-state index contributed by atoms with van der Waals surface area (Å²) >= 11 is 0. The highest BCUT2D eigenvalue weighted by atomic mass is 16.5. The largest absolute Gasteiger partial charge is 0.466 e. The van der Waals surface area contributed by atoms with Gasteiger partial charge in [-0.25, -0.2) is 0 Å². The minimum absolute atomic E-state index is 0.0311. The number of esters is 1. The van der Waals surface area contributed by atoms with E-state index in [0.29, 0.717) is 13.0 Å². The van der Waals surface area contributed by atoms with Crippen molar-refractivity contribution >= 4 is 5.97 Å². The van der Waals surface area contributed by atoms with Crippen LogP contribution in [0.3, 0.4) is 0 Å². The number of carbonyl (C=O) groups is 1. The molecule has 0 aromatic rings. The fraction of sp³-hybridized carbons (Fsp3) is 0.917. The van der Waals surface area contributed by atoms with E-state index >= 15 is 0 Å². The van der Waals surface area contributed by atoms with Gasteiger partial charge in [-0.2, -0.15) is 0 Å². The summed E-state index contributed by atoms with van der Waals surface area (Å²) in [6.07, 6.45) is 6.00.